The molecule has 98 valence electrons. The summed E-state index contributed by atoms with van der Waals surface area (Å²) in [6.07, 6.45) is 2.80. The molecule has 2 N–H and O–H groups in total. The summed E-state index contributed by atoms with van der Waals surface area (Å²) in [5, 5.41) is 19.0. The lowest BCUT2D eigenvalue weighted by Gasteiger charge is -2.08. The van der Waals surface area contributed by atoms with E-state index >= 15 is 0 Å². The second kappa shape index (κ2) is 6.11. The fraction of sp³-hybridized carbons (Fsp3) is 0.417. The van der Waals surface area contributed by atoms with Crippen molar-refractivity contribution in [3.63, 3.8) is 0 Å². The maximum absolute atomic E-state index is 11.2. The van der Waals surface area contributed by atoms with Crippen molar-refractivity contribution in [2.75, 3.05) is 7.11 Å². The Bertz CT molecular complexity index is 471. The van der Waals surface area contributed by atoms with E-state index in [1.807, 2.05) is 0 Å². The summed E-state index contributed by atoms with van der Waals surface area (Å²) in [5.74, 6) is -0.524. The normalized spacial score (nSPS) is 12.7. The lowest BCUT2D eigenvalue weighted by atomic mass is 10.1. The molecule has 0 spiro atoms. The van der Waals surface area contributed by atoms with Crippen LogP contribution in [-0.2, 0) is 16.1 Å². The van der Waals surface area contributed by atoms with Crippen molar-refractivity contribution in [3.8, 4) is 5.75 Å². The van der Waals surface area contributed by atoms with Crippen LogP contribution in [0.2, 0.25) is 0 Å². The average molecular weight is 252 g/mol. The van der Waals surface area contributed by atoms with Crippen LogP contribution in [0.3, 0.4) is 0 Å². The highest BCUT2D eigenvalue weighted by Crippen LogP contribution is 2.22. The quantitative estimate of drug-likeness (QED) is 0.603. The number of nitrogens with zero attached hydrogens (tertiary/aromatic N) is 2. The predicted molar refractivity (Wildman–Crippen MR) is 65.6 cm³/mol. The summed E-state index contributed by atoms with van der Waals surface area (Å²) < 4.78 is 4.53. The van der Waals surface area contributed by atoms with Crippen molar-refractivity contribution in [3.05, 3.63) is 23.0 Å². The minimum absolute atomic E-state index is 0.0534. The van der Waals surface area contributed by atoms with Gasteiger partial charge in [-0.05, 0) is 13.8 Å². The Kier molecular flexibility index (Phi) is 4.79. The van der Waals surface area contributed by atoms with E-state index in [1.54, 1.807) is 13.8 Å². The molecule has 0 aromatic carbocycles. The summed E-state index contributed by atoms with van der Waals surface area (Å²) in [5.41, 5.74) is 1.24. The highest BCUT2D eigenvalue weighted by atomic mass is 16.5. The van der Waals surface area contributed by atoms with Gasteiger partial charge in [0.15, 0.2) is 0 Å². The highest BCUT2D eigenvalue weighted by molar-refractivity contribution is 5.88. The number of carbonyl (C=O) groups is 1. The third-order valence-electron chi connectivity index (χ3n) is 2.50. The minimum atomic E-state index is -0.672. The second-order valence-corrected chi connectivity index (χ2v) is 3.77. The van der Waals surface area contributed by atoms with Crippen LogP contribution in [0.1, 0.15) is 23.7 Å². The van der Waals surface area contributed by atoms with E-state index in [9.17, 15) is 9.90 Å². The molecule has 0 aliphatic heterocycles. The van der Waals surface area contributed by atoms with E-state index in [4.69, 9.17) is 5.11 Å². The Morgan fingerprint density at radius 1 is 1.67 bits per heavy atom. The Balaban J connectivity index is 3.06. The van der Waals surface area contributed by atoms with Crippen LogP contribution in [0, 0.1) is 6.92 Å². The first-order valence-electron chi connectivity index (χ1n) is 5.40. The number of aliphatic hydroxyl groups excluding tert-OH is 1. The number of aromatic nitrogens is 1. The first kappa shape index (κ1) is 14.1. The Morgan fingerprint density at radius 2 is 2.33 bits per heavy atom. The fourth-order valence-corrected chi connectivity index (χ4v) is 1.34. The van der Waals surface area contributed by atoms with E-state index in [0.717, 1.165) is 0 Å². The number of carbonyl (C=O) groups excluding carboxylic acids is 1. The van der Waals surface area contributed by atoms with Crippen LogP contribution in [0.15, 0.2) is 11.2 Å². The zero-order valence-corrected chi connectivity index (χ0v) is 10.5. The summed E-state index contributed by atoms with van der Waals surface area (Å²) in [4.78, 5) is 19.1. The number of hydrogen-bond acceptors (Lipinski definition) is 6. The van der Waals surface area contributed by atoms with Crippen LogP contribution in [0.25, 0.3) is 0 Å². The summed E-state index contributed by atoms with van der Waals surface area (Å²) in [7, 11) is 1.28. The second-order valence-electron chi connectivity index (χ2n) is 3.77. The van der Waals surface area contributed by atoms with Gasteiger partial charge in [0.2, 0.25) is 0 Å². The molecule has 0 bridgehead atoms. The van der Waals surface area contributed by atoms with Gasteiger partial charge in [0.25, 0.3) is 0 Å². The number of rotatable bonds is 4. The number of aromatic hydroxyl groups is 1. The van der Waals surface area contributed by atoms with Crippen LogP contribution in [0.4, 0.5) is 0 Å². The number of pyridine rings is 1. The van der Waals surface area contributed by atoms with Crippen LogP contribution >= 0.6 is 0 Å². The summed E-state index contributed by atoms with van der Waals surface area (Å²) in [6, 6.07) is -0.672. The minimum Gasteiger partial charge on any atom is -0.505 e. The molecular weight excluding hydrogens is 236 g/mol. The molecule has 0 unspecified atom stereocenters. The molecule has 0 aliphatic carbocycles. The van der Waals surface area contributed by atoms with Gasteiger partial charge in [-0.15, -0.1) is 0 Å². The van der Waals surface area contributed by atoms with E-state index in [1.165, 1.54) is 19.5 Å². The van der Waals surface area contributed by atoms with Crippen LogP contribution in [-0.4, -0.2) is 40.5 Å². The molecule has 0 radical (unpaired) electrons. The predicted octanol–water partition coefficient (Wildman–Crippen LogP) is 0.568. The van der Waals surface area contributed by atoms with Crippen molar-refractivity contribution in [2.45, 2.75) is 26.5 Å². The maximum atomic E-state index is 11.2. The van der Waals surface area contributed by atoms with Crippen LogP contribution < -0.4 is 0 Å². The largest absolute Gasteiger partial charge is 0.505 e. The molecule has 1 rings (SSSR count). The van der Waals surface area contributed by atoms with Crippen LogP contribution in [0.5, 0.6) is 5.75 Å². The third-order valence-corrected chi connectivity index (χ3v) is 2.50. The molecule has 18 heavy (non-hydrogen) atoms. The monoisotopic (exact) mass is 252 g/mol. The van der Waals surface area contributed by atoms with E-state index in [0.29, 0.717) is 16.8 Å². The number of hydrogen-bond donors (Lipinski definition) is 2. The average Bonchev–Trinajstić information content (AvgIpc) is 2.38. The molecule has 6 nitrogen and oxygen atoms in total. The third kappa shape index (κ3) is 3.04. The van der Waals surface area contributed by atoms with E-state index in [-0.39, 0.29) is 12.4 Å². The van der Waals surface area contributed by atoms with Crippen molar-refractivity contribution in [1.82, 2.24) is 4.98 Å². The first-order valence-corrected chi connectivity index (χ1v) is 5.40. The van der Waals surface area contributed by atoms with Gasteiger partial charge < -0.3 is 14.9 Å². The van der Waals surface area contributed by atoms with Gasteiger partial charge in [0.1, 0.15) is 11.8 Å². The zero-order chi connectivity index (χ0) is 13.7. The van der Waals surface area contributed by atoms with Crippen molar-refractivity contribution >= 4 is 12.2 Å². The molecule has 0 fully saturated rings. The number of methoxy groups -OCH3 is 1. The molecule has 1 heterocycles. The lowest BCUT2D eigenvalue weighted by molar-refractivity contribution is -0.141. The standard InChI is InChI=1S/C12H16N2O4/c1-7-11(16)10(9(6-15)4-13-7)5-14-8(2)12(17)18-3/h4-5,8,15-16H,6H2,1-3H3/t8-/m0/s1. The van der Waals surface area contributed by atoms with Gasteiger partial charge in [0.05, 0.1) is 19.4 Å². The first-order chi connectivity index (χ1) is 8.51. The molecule has 1 atom stereocenters. The smallest absolute Gasteiger partial charge is 0.330 e. The van der Waals surface area contributed by atoms with Gasteiger partial charge >= 0.3 is 5.97 Å². The Morgan fingerprint density at radius 3 is 2.89 bits per heavy atom. The number of esters is 1. The summed E-state index contributed by atoms with van der Waals surface area (Å²) >= 11 is 0. The van der Waals surface area contributed by atoms with Gasteiger partial charge in [-0.1, -0.05) is 0 Å². The molecule has 1 aromatic heterocycles. The maximum Gasteiger partial charge on any atom is 0.330 e. The number of aliphatic hydroxyl groups is 1. The van der Waals surface area contributed by atoms with E-state index < -0.39 is 12.0 Å². The van der Waals surface area contributed by atoms with Gasteiger partial charge in [0, 0.05) is 23.5 Å². The zero-order valence-electron chi connectivity index (χ0n) is 10.5. The van der Waals surface area contributed by atoms with Crippen molar-refractivity contribution in [2.24, 2.45) is 4.99 Å². The number of aliphatic imine (C=N–C) groups is 1. The Hall–Kier alpha value is -1.95. The topological polar surface area (TPSA) is 92.0 Å². The van der Waals surface area contributed by atoms with Crippen molar-refractivity contribution < 1.29 is 19.7 Å². The molecule has 0 saturated carbocycles. The van der Waals surface area contributed by atoms with Gasteiger partial charge in [-0.2, -0.15) is 0 Å². The highest BCUT2D eigenvalue weighted by Gasteiger charge is 2.13. The van der Waals surface area contributed by atoms with E-state index in [2.05, 4.69) is 14.7 Å². The Labute approximate surface area is 105 Å². The molecule has 0 saturated heterocycles. The molecular formula is C12H16N2O4. The van der Waals surface area contributed by atoms with Crippen molar-refractivity contribution in [1.29, 1.82) is 0 Å². The summed E-state index contributed by atoms with van der Waals surface area (Å²) in [6.45, 7) is 2.94. The lowest BCUT2D eigenvalue weighted by Crippen LogP contribution is -2.16. The van der Waals surface area contributed by atoms with Gasteiger partial charge in [-0.3, -0.25) is 9.98 Å². The fourth-order valence-electron chi connectivity index (χ4n) is 1.34. The number of aryl methyl sites for hydroxylation is 1. The van der Waals surface area contributed by atoms with Gasteiger partial charge in [-0.25, -0.2) is 4.79 Å². The molecule has 1 aromatic rings. The molecule has 0 aliphatic rings. The molecule has 0 amide bonds. The number of ether oxygens (including phenoxy) is 1. The SMILES string of the molecule is COC(=O)[C@H](C)N=Cc1c(CO)cnc(C)c1O. The molecule has 6 heteroatoms.